The lowest BCUT2D eigenvalue weighted by molar-refractivity contribution is 0.211. The van der Waals surface area contributed by atoms with Gasteiger partial charge in [-0.1, -0.05) is 18.2 Å². The van der Waals surface area contributed by atoms with Crippen LogP contribution < -0.4 is 14.2 Å². The molecule has 1 heterocycles. The minimum Gasteiger partial charge on any atom is -0.493 e. The van der Waals surface area contributed by atoms with Gasteiger partial charge in [-0.3, -0.25) is 0 Å². The monoisotopic (exact) mass is 338 g/mol. The van der Waals surface area contributed by atoms with Crippen molar-refractivity contribution in [2.24, 2.45) is 4.99 Å². The second kappa shape index (κ2) is 8.49. The van der Waals surface area contributed by atoms with Crippen LogP contribution in [-0.4, -0.2) is 41.7 Å². The van der Waals surface area contributed by atoms with Crippen LogP contribution in [-0.2, 0) is 0 Å². The molecule has 0 spiro atoms. The molecule has 1 aromatic heterocycles. The van der Waals surface area contributed by atoms with Crippen LogP contribution in [0.2, 0.25) is 0 Å². The first-order chi connectivity index (χ1) is 12.3. The third-order valence-corrected chi connectivity index (χ3v) is 3.28. The normalized spacial score (nSPS) is 10.8. The van der Waals surface area contributed by atoms with E-state index in [0.29, 0.717) is 30.7 Å². The summed E-state index contributed by atoms with van der Waals surface area (Å²) < 4.78 is 16.7. The van der Waals surface area contributed by atoms with Crippen molar-refractivity contribution < 1.29 is 14.2 Å². The highest BCUT2D eigenvalue weighted by atomic mass is 16.5. The summed E-state index contributed by atoms with van der Waals surface area (Å²) in [6, 6.07) is 15.2. The van der Waals surface area contributed by atoms with E-state index in [1.165, 1.54) is 6.33 Å². The second-order valence-corrected chi connectivity index (χ2v) is 4.99. The van der Waals surface area contributed by atoms with Crippen LogP contribution in [0, 0.1) is 0 Å². The third kappa shape index (κ3) is 4.81. The molecular weight excluding hydrogens is 320 g/mol. The predicted octanol–water partition coefficient (Wildman–Crippen LogP) is 3.02. The summed E-state index contributed by atoms with van der Waals surface area (Å²) in [6.45, 7) is 0.860. The molecule has 2 aromatic carbocycles. The van der Waals surface area contributed by atoms with Crippen LogP contribution >= 0.6 is 0 Å². The second-order valence-electron chi connectivity index (χ2n) is 4.99. The first-order valence-corrected chi connectivity index (χ1v) is 7.73. The third-order valence-electron chi connectivity index (χ3n) is 3.28. The molecule has 0 radical (unpaired) electrons. The van der Waals surface area contributed by atoms with Gasteiger partial charge in [0.1, 0.15) is 25.3 Å². The van der Waals surface area contributed by atoms with E-state index in [0.717, 1.165) is 11.3 Å². The molecule has 0 bridgehead atoms. The van der Waals surface area contributed by atoms with Gasteiger partial charge in [0, 0.05) is 6.21 Å². The summed E-state index contributed by atoms with van der Waals surface area (Å²) in [4.78, 5) is 8.11. The lowest BCUT2D eigenvalue weighted by atomic mass is 10.2. The van der Waals surface area contributed by atoms with E-state index >= 15 is 0 Å². The van der Waals surface area contributed by atoms with Crippen molar-refractivity contribution in [3.8, 4) is 17.2 Å². The Balaban J connectivity index is 1.56. The summed E-state index contributed by atoms with van der Waals surface area (Å²) >= 11 is 0. The number of H-pyrrole nitrogens is 1. The van der Waals surface area contributed by atoms with Gasteiger partial charge < -0.3 is 14.2 Å². The Labute approximate surface area is 145 Å². The maximum absolute atomic E-state index is 5.73. The van der Waals surface area contributed by atoms with Gasteiger partial charge in [-0.25, -0.2) is 10.1 Å². The number of aromatic amines is 1. The number of methoxy groups -OCH3 is 1. The van der Waals surface area contributed by atoms with Crippen LogP contribution in [0.5, 0.6) is 17.2 Å². The standard InChI is InChI=1S/C18H18N4O3/c1-23-17-11-14(12-19-18-20-13-21-22-18)7-8-16(17)25-10-9-24-15-5-3-2-4-6-15/h2-8,11-13H,9-10H2,1H3,(H,20,21,22). The highest BCUT2D eigenvalue weighted by molar-refractivity contribution is 5.82. The van der Waals surface area contributed by atoms with E-state index in [4.69, 9.17) is 14.2 Å². The van der Waals surface area contributed by atoms with E-state index in [9.17, 15) is 0 Å². The molecule has 3 aromatic rings. The number of ether oxygens (including phenoxy) is 3. The summed E-state index contributed by atoms with van der Waals surface area (Å²) in [6.07, 6.45) is 3.08. The van der Waals surface area contributed by atoms with Crippen molar-refractivity contribution >= 4 is 12.2 Å². The fraction of sp³-hybridized carbons (Fsp3) is 0.167. The van der Waals surface area contributed by atoms with Gasteiger partial charge in [-0.05, 0) is 35.9 Å². The van der Waals surface area contributed by atoms with Crippen molar-refractivity contribution in [1.29, 1.82) is 0 Å². The SMILES string of the molecule is COc1cc(C=Nc2ncn[nH]2)ccc1OCCOc1ccccc1. The number of aliphatic imine (C=N–C) groups is 1. The van der Waals surface area contributed by atoms with Crippen LogP contribution in [0.4, 0.5) is 5.95 Å². The van der Waals surface area contributed by atoms with Gasteiger partial charge >= 0.3 is 0 Å². The van der Waals surface area contributed by atoms with Gasteiger partial charge in [0.2, 0.25) is 5.95 Å². The Bertz CT molecular complexity index is 804. The van der Waals surface area contributed by atoms with Gasteiger partial charge in [0.05, 0.1) is 7.11 Å². The van der Waals surface area contributed by atoms with E-state index < -0.39 is 0 Å². The number of nitrogens with one attached hydrogen (secondary N) is 1. The van der Waals surface area contributed by atoms with Gasteiger partial charge in [0.25, 0.3) is 0 Å². The number of benzene rings is 2. The molecule has 0 unspecified atom stereocenters. The van der Waals surface area contributed by atoms with E-state index in [2.05, 4.69) is 20.2 Å². The number of aromatic nitrogens is 3. The number of nitrogens with zero attached hydrogens (tertiary/aromatic N) is 3. The summed E-state index contributed by atoms with van der Waals surface area (Å²) in [5, 5.41) is 6.41. The number of hydrogen-bond acceptors (Lipinski definition) is 6. The summed E-state index contributed by atoms with van der Waals surface area (Å²) in [5.41, 5.74) is 0.862. The minimum absolute atomic E-state index is 0.413. The lowest BCUT2D eigenvalue weighted by Crippen LogP contribution is -2.09. The zero-order chi connectivity index (χ0) is 17.3. The lowest BCUT2D eigenvalue weighted by Gasteiger charge is -2.12. The molecular formula is C18H18N4O3. The molecule has 0 amide bonds. The molecule has 7 heteroatoms. The Morgan fingerprint density at radius 3 is 2.64 bits per heavy atom. The Hall–Kier alpha value is -3.35. The summed E-state index contributed by atoms with van der Waals surface area (Å²) in [7, 11) is 1.60. The van der Waals surface area contributed by atoms with Gasteiger partial charge in [0.15, 0.2) is 11.5 Å². The Kier molecular flexibility index (Phi) is 5.60. The van der Waals surface area contributed by atoms with Crippen molar-refractivity contribution in [3.63, 3.8) is 0 Å². The predicted molar refractivity (Wildman–Crippen MR) is 94.1 cm³/mol. The molecule has 0 saturated carbocycles. The molecule has 128 valence electrons. The number of para-hydroxylation sites is 1. The van der Waals surface area contributed by atoms with E-state index in [1.807, 2.05) is 48.5 Å². The van der Waals surface area contributed by atoms with Crippen molar-refractivity contribution in [1.82, 2.24) is 15.2 Å². The molecule has 25 heavy (non-hydrogen) atoms. The number of hydrogen-bond donors (Lipinski definition) is 1. The number of rotatable bonds is 8. The van der Waals surface area contributed by atoms with Crippen LogP contribution in [0.3, 0.4) is 0 Å². The van der Waals surface area contributed by atoms with Crippen LogP contribution in [0.15, 0.2) is 59.9 Å². The van der Waals surface area contributed by atoms with Gasteiger partial charge in [-0.15, -0.1) is 0 Å². The molecule has 1 N–H and O–H groups in total. The smallest absolute Gasteiger partial charge is 0.245 e. The Morgan fingerprint density at radius 2 is 1.88 bits per heavy atom. The molecule has 3 rings (SSSR count). The van der Waals surface area contributed by atoms with Crippen LogP contribution in [0.25, 0.3) is 0 Å². The molecule has 0 aliphatic rings. The van der Waals surface area contributed by atoms with Crippen molar-refractivity contribution in [2.75, 3.05) is 20.3 Å². The highest BCUT2D eigenvalue weighted by Crippen LogP contribution is 2.27. The molecule has 0 aliphatic heterocycles. The van der Waals surface area contributed by atoms with Crippen molar-refractivity contribution in [2.45, 2.75) is 0 Å². The molecule has 0 atom stereocenters. The fourth-order valence-electron chi connectivity index (χ4n) is 2.11. The van der Waals surface area contributed by atoms with Gasteiger partial charge in [-0.2, -0.15) is 10.1 Å². The maximum atomic E-state index is 5.73. The minimum atomic E-state index is 0.413. The first kappa shape index (κ1) is 16.5. The quantitative estimate of drug-likeness (QED) is 0.504. The molecule has 0 fully saturated rings. The Morgan fingerprint density at radius 1 is 1.04 bits per heavy atom. The van der Waals surface area contributed by atoms with E-state index in [-0.39, 0.29) is 0 Å². The molecule has 0 aliphatic carbocycles. The topological polar surface area (TPSA) is 81.6 Å². The zero-order valence-electron chi connectivity index (χ0n) is 13.8. The average molecular weight is 338 g/mol. The maximum Gasteiger partial charge on any atom is 0.245 e. The molecule has 7 nitrogen and oxygen atoms in total. The fourth-order valence-corrected chi connectivity index (χ4v) is 2.11. The first-order valence-electron chi connectivity index (χ1n) is 7.73. The largest absolute Gasteiger partial charge is 0.493 e. The zero-order valence-corrected chi connectivity index (χ0v) is 13.8. The summed E-state index contributed by atoms with van der Waals surface area (Å²) in [5.74, 6) is 2.53. The van der Waals surface area contributed by atoms with Crippen LogP contribution in [0.1, 0.15) is 5.56 Å². The molecule has 0 saturated heterocycles. The highest BCUT2D eigenvalue weighted by Gasteiger charge is 2.05. The van der Waals surface area contributed by atoms with E-state index in [1.54, 1.807) is 13.3 Å². The average Bonchev–Trinajstić information content (AvgIpc) is 3.18. The van der Waals surface area contributed by atoms with Crippen molar-refractivity contribution in [3.05, 3.63) is 60.4 Å².